The van der Waals surface area contributed by atoms with Gasteiger partial charge in [-0.3, -0.25) is 4.79 Å². The Morgan fingerprint density at radius 1 is 1.10 bits per heavy atom. The van der Waals surface area contributed by atoms with Gasteiger partial charge in [-0.1, -0.05) is 0 Å². The van der Waals surface area contributed by atoms with Crippen LogP contribution >= 0.6 is 0 Å². The zero-order valence-corrected chi connectivity index (χ0v) is 12.2. The summed E-state index contributed by atoms with van der Waals surface area (Å²) >= 11 is 0. The van der Waals surface area contributed by atoms with Crippen molar-refractivity contribution in [1.82, 2.24) is 15.0 Å². The van der Waals surface area contributed by atoms with Crippen LogP contribution in [0.4, 0.5) is 0 Å². The van der Waals surface area contributed by atoms with Crippen molar-refractivity contribution in [3.63, 3.8) is 0 Å². The van der Waals surface area contributed by atoms with Gasteiger partial charge in [-0.15, -0.1) is 0 Å². The summed E-state index contributed by atoms with van der Waals surface area (Å²) in [6.45, 7) is 0. The Morgan fingerprint density at radius 2 is 1.76 bits per heavy atom. The second-order valence-corrected chi connectivity index (χ2v) is 7.86. The van der Waals surface area contributed by atoms with Crippen LogP contribution in [-0.4, -0.2) is 15.0 Å². The minimum atomic E-state index is -0.0586. The molecule has 0 saturated heterocycles. The molecule has 0 amide bonds. The molecular weight excluding hydrogens is 262 g/mol. The molecule has 4 fully saturated rings. The van der Waals surface area contributed by atoms with Crippen molar-refractivity contribution in [3.8, 4) is 0 Å². The SMILES string of the molecule is O=c1[nH]cnc2c(CC34CC5CC(CC(C5)C3)C4)c[nH]c12. The minimum Gasteiger partial charge on any atom is -0.355 e. The number of rotatable bonds is 2. The molecule has 4 aliphatic carbocycles. The van der Waals surface area contributed by atoms with Gasteiger partial charge in [0.1, 0.15) is 5.52 Å². The fraction of sp³-hybridized carbons (Fsp3) is 0.647. The number of nitrogens with zero attached hydrogens (tertiary/aromatic N) is 1. The molecule has 4 heteroatoms. The Hall–Kier alpha value is -1.58. The number of aromatic amines is 2. The van der Waals surface area contributed by atoms with Gasteiger partial charge in [-0.2, -0.15) is 0 Å². The Morgan fingerprint density at radius 3 is 2.43 bits per heavy atom. The number of H-pyrrole nitrogens is 2. The van der Waals surface area contributed by atoms with Gasteiger partial charge >= 0.3 is 0 Å². The summed E-state index contributed by atoms with van der Waals surface area (Å²) in [7, 11) is 0. The summed E-state index contributed by atoms with van der Waals surface area (Å²) in [5.74, 6) is 2.91. The monoisotopic (exact) mass is 283 g/mol. The van der Waals surface area contributed by atoms with Crippen LogP contribution in [0.1, 0.15) is 44.1 Å². The highest BCUT2D eigenvalue weighted by Gasteiger charge is 2.50. The van der Waals surface area contributed by atoms with Crippen molar-refractivity contribution in [1.29, 1.82) is 0 Å². The molecule has 2 aromatic heterocycles. The summed E-state index contributed by atoms with van der Waals surface area (Å²) in [5, 5.41) is 0. The first kappa shape index (κ1) is 12.0. The molecule has 4 saturated carbocycles. The molecule has 0 atom stereocenters. The van der Waals surface area contributed by atoms with E-state index < -0.39 is 0 Å². The van der Waals surface area contributed by atoms with Gasteiger partial charge in [0.15, 0.2) is 0 Å². The van der Waals surface area contributed by atoms with Crippen LogP contribution in [0.2, 0.25) is 0 Å². The highest BCUT2D eigenvalue weighted by atomic mass is 16.1. The van der Waals surface area contributed by atoms with Gasteiger partial charge in [-0.25, -0.2) is 4.98 Å². The van der Waals surface area contributed by atoms with Crippen LogP contribution in [0.5, 0.6) is 0 Å². The largest absolute Gasteiger partial charge is 0.355 e. The Bertz CT molecular complexity index is 721. The average Bonchev–Trinajstić information content (AvgIpc) is 2.81. The summed E-state index contributed by atoms with van der Waals surface area (Å²) in [5.41, 5.74) is 3.20. The van der Waals surface area contributed by atoms with E-state index in [9.17, 15) is 4.79 Å². The Kier molecular flexibility index (Phi) is 2.28. The predicted molar refractivity (Wildman–Crippen MR) is 81.0 cm³/mol. The topological polar surface area (TPSA) is 61.5 Å². The Labute approximate surface area is 123 Å². The first-order chi connectivity index (χ1) is 10.2. The fourth-order valence-corrected chi connectivity index (χ4v) is 6.05. The number of nitrogens with one attached hydrogen (secondary N) is 2. The van der Waals surface area contributed by atoms with Crippen molar-refractivity contribution in [2.45, 2.75) is 44.9 Å². The lowest BCUT2D eigenvalue weighted by Gasteiger charge is -2.57. The quantitative estimate of drug-likeness (QED) is 0.890. The third-order valence-electron chi connectivity index (χ3n) is 6.28. The summed E-state index contributed by atoms with van der Waals surface area (Å²) in [6.07, 6.45) is 13.3. The van der Waals surface area contributed by atoms with E-state index in [4.69, 9.17) is 0 Å². The van der Waals surface area contributed by atoms with Crippen LogP contribution in [0.3, 0.4) is 0 Å². The lowest BCUT2D eigenvalue weighted by atomic mass is 9.48. The van der Waals surface area contributed by atoms with Crippen molar-refractivity contribution in [3.05, 3.63) is 28.4 Å². The molecule has 4 aliphatic rings. The van der Waals surface area contributed by atoms with Crippen LogP contribution in [0, 0.1) is 23.2 Å². The van der Waals surface area contributed by atoms with Crippen LogP contribution in [-0.2, 0) is 6.42 Å². The highest BCUT2D eigenvalue weighted by molar-refractivity contribution is 5.77. The van der Waals surface area contributed by atoms with E-state index in [-0.39, 0.29) is 5.56 Å². The van der Waals surface area contributed by atoms with Gasteiger partial charge < -0.3 is 9.97 Å². The molecule has 110 valence electrons. The highest BCUT2D eigenvalue weighted by Crippen LogP contribution is 2.61. The number of fused-ring (bicyclic) bond motifs is 1. The molecule has 6 rings (SSSR count). The van der Waals surface area contributed by atoms with E-state index in [1.807, 2.05) is 6.20 Å². The minimum absolute atomic E-state index is 0.0586. The van der Waals surface area contributed by atoms with Crippen molar-refractivity contribution >= 4 is 11.0 Å². The third-order valence-corrected chi connectivity index (χ3v) is 6.28. The predicted octanol–water partition coefficient (Wildman–Crippen LogP) is 3.01. The normalized spacial score (nSPS) is 37.4. The lowest BCUT2D eigenvalue weighted by Crippen LogP contribution is -2.47. The molecule has 2 aromatic rings. The van der Waals surface area contributed by atoms with E-state index in [1.54, 1.807) is 0 Å². The molecule has 0 aliphatic heterocycles. The Balaban J connectivity index is 1.54. The van der Waals surface area contributed by atoms with E-state index in [0.717, 1.165) is 29.7 Å². The van der Waals surface area contributed by atoms with Crippen molar-refractivity contribution < 1.29 is 0 Å². The van der Waals surface area contributed by atoms with Gasteiger partial charge in [-0.05, 0) is 73.7 Å². The number of aromatic nitrogens is 3. The lowest BCUT2D eigenvalue weighted by molar-refractivity contribution is -0.0520. The average molecular weight is 283 g/mol. The maximum atomic E-state index is 11.8. The molecule has 4 nitrogen and oxygen atoms in total. The van der Waals surface area contributed by atoms with E-state index in [0.29, 0.717) is 10.9 Å². The summed E-state index contributed by atoms with van der Waals surface area (Å²) in [6, 6.07) is 0. The second kappa shape index (κ2) is 3.99. The molecule has 0 unspecified atom stereocenters. The zero-order chi connectivity index (χ0) is 14.0. The van der Waals surface area contributed by atoms with Crippen LogP contribution in [0.25, 0.3) is 11.0 Å². The molecule has 0 radical (unpaired) electrons. The molecule has 0 spiro atoms. The van der Waals surface area contributed by atoms with E-state index >= 15 is 0 Å². The zero-order valence-electron chi connectivity index (χ0n) is 12.2. The fourth-order valence-electron chi connectivity index (χ4n) is 6.05. The maximum absolute atomic E-state index is 11.8. The summed E-state index contributed by atoms with van der Waals surface area (Å²) in [4.78, 5) is 22.0. The first-order valence-electron chi connectivity index (χ1n) is 8.24. The van der Waals surface area contributed by atoms with E-state index in [2.05, 4.69) is 15.0 Å². The smallest absolute Gasteiger partial charge is 0.275 e. The molecule has 0 aromatic carbocycles. The molecule has 2 N–H and O–H groups in total. The summed E-state index contributed by atoms with van der Waals surface area (Å²) < 4.78 is 0. The van der Waals surface area contributed by atoms with Gasteiger partial charge in [0.05, 0.1) is 11.8 Å². The van der Waals surface area contributed by atoms with Crippen LogP contribution < -0.4 is 5.56 Å². The molecule has 2 heterocycles. The van der Waals surface area contributed by atoms with Gasteiger partial charge in [0, 0.05) is 6.20 Å². The molecule has 21 heavy (non-hydrogen) atoms. The molecule has 4 bridgehead atoms. The first-order valence-corrected chi connectivity index (χ1v) is 8.24. The van der Waals surface area contributed by atoms with Crippen LogP contribution in [0.15, 0.2) is 17.3 Å². The van der Waals surface area contributed by atoms with Gasteiger partial charge in [0.25, 0.3) is 5.56 Å². The number of hydrogen-bond donors (Lipinski definition) is 2. The van der Waals surface area contributed by atoms with Crippen molar-refractivity contribution in [2.75, 3.05) is 0 Å². The van der Waals surface area contributed by atoms with E-state index in [1.165, 1.54) is 50.4 Å². The van der Waals surface area contributed by atoms with Crippen molar-refractivity contribution in [2.24, 2.45) is 23.2 Å². The number of hydrogen-bond acceptors (Lipinski definition) is 2. The second-order valence-electron chi connectivity index (χ2n) is 7.86. The third kappa shape index (κ3) is 1.74. The molecular formula is C17H21N3O. The van der Waals surface area contributed by atoms with Gasteiger partial charge in [0.2, 0.25) is 0 Å². The maximum Gasteiger partial charge on any atom is 0.275 e. The standard InChI is InChI=1S/C17H21N3O/c21-16-15-14(19-9-20-16)13(8-18-15)7-17-4-10-1-11(5-17)3-12(2-10)6-17/h8-12,18H,1-7H2,(H,19,20,21).